The molecule has 1 amide bonds. The normalized spacial score (nSPS) is 18.1. The van der Waals surface area contributed by atoms with Gasteiger partial charge in [-0.25, -0.2) is 0 Å². The summed E-state index contributed by atoms with van der Waals surface area (Å²) in [6.45, 7) is 6.16. The molecule has 20 heavy (non-hydrogen) atoms. The molecule has 1 fully saturated rings. The lowest BCUT2D eigenvalue weighted by Crippen LogP contribution is -2.34. The molecule has 0 spiro atoms. The number of hydrogen-bond acceptors (Lipinski definition) is 3. The third kappa shape index (κ3) is 4.01. The summed E-state index contributed by atoms with van der Waals surface area (Å²) in [5, 5.41) is 8.77. The Kier molecular flexibility index (Phi) is 4.72. The van der Waals surface area contributed by atoms with Gasteiger partial charge in [-0.05, 0) is 24.1 Å². The fourth-order valence-corrected chi connectivity index (χ4v) is 3.35. The van der Waals surface area contributed by atoms with Crippen LogP contribution in [0.2, 0.25) is 0 Å². The molecule has 4 heteroatoms. The minimum absolute atomic E-state index is 0.188. The average molecular weight is 288 g/mol. The summed E-state index contributed by atoms with van der Waals surface area (Å²) in [5.41, 5.74) is 1.61. The van der Waals surface area contributed by atoms with Crippen molar-refractivity contribution in [3.8, 4) is 6.07 Å². The maximum Gasteiger partial charge on any atom is 0.227 e. The summed E-state index contributed by atoms with van der Waals surface area (Å²) >= 11 is 1.94. The van der Waals surface area contributed by atoms with Gasteiger partial charge in [0, 0.05) is 23.6 Å². The summed E-state index contributed by atoms with van der Waals surface area (Å²) in [7, 11) is 0. The van der Waals surface area contributed by atoms with Gasteiger partial charge in [-0.1, -0.05) is 26.0 Å². The third-order valence-corrected chi connectivity index (χ3v) is 5.00. The van der Waals surface area contributed by atoms with E-state index in [0.717, 1.165) is 30.8 Å². The standard InChI is InChI=1S/C16H20N2OS/c1-16(2)7-8-18(9-10-20-16)15(19)11-13-3-5-14(12-17)6-4-13/h3-6H,7-11H2,1-2H3. The largest absolute Gasteiger partial charge is 0.342 e. The van der Waals surface area contributed by atoms with Crippen molar-refractivity contribution >= 4 is 17.7 Å². The molecule has 1 aliphatic heterocycles. The highest BCUT2D eigenvalue weighted by atomic mass is 32.2. The molecule has 1 aromatic carbocycles. The van der Waals surface area contributed by atoms with E-state index in [9.17, 15) is 4.79 Å². The van der Waals surface area contributed by atoms with Crippen molar-refractivity contribution in [1.82, 2.24) is 4.90 Å². The first-order valence-corrected chi connectivity index (χ1v) is 7.89. The molecular weight excluding hydrogens is 268 g/mol. The smallest absolute Gasteiger partial charge is 0.227 e. The Labute approximate surface area is 125 Å². The van der Waals surface area contributed by atoms with Crippen LogP contribution >= 0.6 is 11.8 Å². The zero-order valence-corrected chi connectivity index (χ0v) is 12.9. The average Bonchev–Trinajstić information content (AvgIpc) is 2.60. The first-order chi connectivity index (χ1) is 9.50. The maximum absolute atomic E-state index is 12.3. The molecule has 0 atom stereocenters. The molecule has 0 N–H and O–H groups in total. The van der Waals surface area contributed by atoms with Crippen LogP contribution in [0.4, 0.5) is 0 Å². The van der Waals surface area contributed by atoms with Gasteiger partial charge >= 0.3 is 0 Å². The zero-order valence-electron chi connectivity index (χ0n) is 12.1. The Hall–Kier alpha value is -1.47. The fraction of sp³-hybridized carbons (Fsp3) is 0.500. The molecule has 2 rings (SSSR count). The van der Waals surface area contributed by atoms with E-state index in [0.29, 0.717) is 12.0 Å². The lowest BCUT2D eigenvalue weighted by atomic mass is 10.1. The molecule has 0 aliphatic carbocycles. The number of hydrogen-bond donors (Lipinski definition) is 0. The molecule has 0 unspecified atom stereocenters. The summed E-state index contributed by atoms with van der Waals surface area (Å²) in [6, 6.07) is 9.36. The second kappa shape index (κ2) is 6.32. The Morgan fingerprint density at radius 3 is 2.70 bits per heavy atom. The van der Waals surface area contributed by atoms with Gasteiger partial charge in [-0.3, -0.25) is 4.79 Å². The van der Waals surface area contributed by atoms with Crippen LogP contribution in [-0.4, -0.2) is 34.4 Å². The molecule has 3 nitrogen and oxygen atoms in total. The number of carbonyl (C=O) groups is 1. The highest BCUT2D eigenvalue weighted by Crippen LogP contribution is 2.30. The first kappa shape index (κ1) is 14.9. The number of nitriles is 1. The van der Waals surface area contributed by atoms with E-state index in [-0.39, 0.29) is 10.7 Å². The van der Waals surface area contributed by atoms with E-state index in [2.05, 4.69) is 19.9 Å². The van der Waals surface area contributed by atoms with Crippen molar-refractivity contribution in [3.63, 3.8) is 0 Å². The quantitative estimate of drug-likeness (QED) is 0.840. The topological polar surface area (TPSA) is 44.1 Å². The molecule has 0 saturated carbocycles. The van der Waals surface area contributed by atoms with Crippen LogP contribution in [0, 0.1) is 11.3 Å². The van der Waals surface area contributed by atoms with E-state index >= 15 is 0 Å². The van der Waals surface area contributed by atoms with E-state index in [1.807, 2.05) is 28.8 Å². The van der Waals surface area contributed by atoms with Gasteiger partial charge in [0.1, 0.15) is 0 Å². The Morgan fingerprint density at radius 2 is 2.05 bits per heavy atom. The van der Waals surface area contributed by atoms with Gasteiger partial charge in [-0.2, -0.15) is 17.0 Å². The maximum atomic E-state index is 12.3. The van der Waals surface area contributed by atoms with Crippen LogP contribution in [-0.2, 0) is 11.2 Å². The minimum Gasteiger partial charge on any atom is -0.342 e. The lowest BCUT2D eigenvalue weighted by Gasteiger charge is -2.22. The predicted octanol–water partition coefficient (Wildman–Crippen LogP) is 2.84. The van der Waals surface area contributed by atoms with Crippen LogP contribution in [0.5, 0.6) is 0 Å². The van der Waals surface area contributed by atoms with Crippen molar-refractivity contribution in [2.24, 2.45) is 0 Å². The van der Waals surface area contributed by atoms with Crippen molar-refractivity contribution in [3.05, 3.63) is 35.4 Å². The number of benzene rings is 1. The van der Waals surface area contributed by atoms with Crippen LogP contribution in [0.25, 0.3) is 0 Å². The molecule has 0 radical (unpaired) electrons. The Morgan fingerprint density at radius 1 is 1.35 bits per heavy atom. The predicted molar refractivity (Wildman–Crippen MR) is 82.6 cm³/mol. The molecule has 0 bridgehead atoms. The number of thioether (sulfide) groups is 1. The molecule has 1 saturated heterocycles. The highest BCUT2D eigenvalue weighted by Gasteiger charge is 2.25. The van der Waals surface area contributed by atoms with Crippen molar-refractivity contribution in [1.29, 1.82) is 5.26 Å². The van der Waals surface area contributed by atoms with E-state index in [4.69, 9.17) is 5.26 Å². The number of carbonyl (C=O) groups excluding carboxylic acids is 1. The Balaban J connectivity index is 1.95. The fourth-order valence-electron chi connectivity index (χ4n) is 2.25. The molecular formula is C16H20N2OS. The molecule has 0 aromatic heterocycles. The summed E-state index contributed by atoms with van der Waals surface area (Å²) in [5.74, 6) is 1.19. The Bertz CT molecular complexity index is 516. The SMILES string of the molecule is CC1(C)CCN(C(=O)Cc2ccc(C#N)cc2)CCS1. The molecule has 106 valence electrons. The van der Waals surface area contributed by atoms with E-state index in [1.54, 1.807) is 12.1 Å². The van der Waals surface area contributed by atoms with E-state index in [1.165, 1.54) is 0 Å². The number of nitrogens with zero attached hydrogens (tertiary/aromatic N) is 2. The van der Waals surface area contributed by atoms with Gasteiger partial charge in [0.15, 0.2) is 0 Å². The second-order valence-corrected chi connectivity index (χ2v) is 7.53. The number of rotatable bonds is 2. The van der Waals surface area contributed by atoms with Gasteiger partial charge in [0.25, 0.3) is 0 Å². The first-order valence-electron chi connectivity index (χ1n) is 6.91. The monoisotopic (exact) mass is 288 g/mol. The van der Waals surface area contributed by atoms with Gasteiger partial charge in [0.05, 0.1) is 18.1 Å². The number of amides is 1. The van der Waals surface area contributed by atoms with E-state index < -0.39 is 0 Å². The van der Waals surface area contributed by atoms with Crippen LogP contribution < -0.4 is 0 Å². The zero-order chi connectivity index (χ0) is 14.6. The summed E-state index contributed by atoms with van der Waals surface area (Å²) in [4.78, 5) is 14.3. The third-order valence-electron chi connectivity index (χ3n) is 3.63. The van der Waals surface area contributed by atoms with Crippen LogP contribution in [0.3, 0.4) is 0 Å². The highest BCUT2D eigenvalue weighted by molar-refractivity contribution is 8.00. The van der Waals surface area contributed by atoms with Crippen molar-refractivity contribution < 1.29 is 4.79 Å². The van der Waals surface area contributed by atoms with Crippen molar-refractivity contribution in [2.75, 3.05) is 18.8 Å². The summed E-state index contributed by atoms with van der Waals surface area (Å²) in [6.07, 6.45) is 1.47. The molecule has 1 heterocycles. The van der Waals surface area contributed by atoms with Gasteiger partial charge < -0.3 is 4.90 Å². The second-order valence-electron chi connectivity index (χ2n) is 5.72. The molecule has 1 aliphatic rings. The molecule has 1 aromatic rings. The summed E-state index contributed by atoms with van der Waals surface area (Å²) < 4.78 is 0.267. The van der Waals surface area contributed by atoms with Crippen LogP contribution in [0.15, 0.2) is 24.3 Å². The minimum atomic E-state index is 0.188. The van der Waals surface area contributed by atoms with Crippen molar-refractivity contribution in [2.45, 2.75) is 31.4 Å². The van der Waals surface area contributed by atoms with Gasteiger partial charge in [0.2, 0.25) is 5.91 Å². The van der Waals surface area contributed by atoms with Gasteiger partial charge in [-0.15, -0.1) is 0 Å². The lowest BCUT2D eigenvalue weighted by molar-refractivity contribution is -0.130. The van der Waals surface area contributed by atoms with Crippen LogP contribution in [0.1, 0.15) is 31.4 Å².